The van der Waals surface area contributed by atoms with E-state index in [0.717, 1.165) is 31.0 Å². The second kappa shape index (κ2) is 10.6. The Kier molecular flexibility index (Phi) is 7.52. The molecule has 0 saturated carbocycles. The summed E-state index contributed by atoms with van der Waals surface area (Å²) >= 11 is 1.16. The SMILES string of the molecule is COC(=O)c1ccc2c(=O)n(CC3CCCO3)c(SCC(=O)N3CCCC(C(N)=O)C3)nc2c1. The van der Waals surface area contributed by atoms with Crippen molar-refractivity contribution >= 4 is 40.4 Å². The van der Waals surface area contributed by atoms with Crippen LogP contribution in [0.4, 0.5) is 0 Å². The van der Waals surface area contributed by atoms with Crippen molar-refractivity contribution < 1.29 is 23.9 Å². The highest BCUT2D eigenvalue weighted by atomic mass is 32.2. The van der Waals surface area contributed by atoms with Crippen molar-refractivity contribution in [2.75, 3.05) is 32.6 Å². The number of aromatic nitrogens is 2. The van der Waals surface area contributed by atoms with Crippen LogP contribution in [0.5, 0.6) is 0 Å². The number of fused-ring (bicyclic) bond motifs is 1. The average molecular weight is 489 g/mol. The number of hydrogen-bond donors (Lipinski definition) is 1. The number of rotatable bonds is 7. The maximum Gasteiger partial charge on any atom is 0.337 e. The minimum absolute atomic E-state index is 0.0612. The van der Waals surface area contributed by atoms with Gasteiger partial charge in [0.15, 0.2) is 5.16 Å². The lowest BCUT2D eigenvalue weighted by atomic mass is 9.97. The maximum absolute atomic E-state index is 13.3. The number of methoxy groups -OCH3 is 1. The second-order valence-electron chi connectivity index (χ2n) is 8.54. The number of nitrogens with two attached hydrogens (primary N) is 1. The first kappa shape index (κ1) is 24.2. The standard InChI is InChI=1S/C23H28N4O6S/c1-32-22(31)14-6-7-17-18(10-14)25-23(27(21(17)30)12-16-5-3-9-33-16)34-13-19(28)26-8-2-4-15(11-26)20(24)29/h6-7,10,15-16H,2-5,8-9,11-13H2,1H3,(H2,24,29). The zero-order valence-corrected chi connectivity index (χ0v) is 19.8. The van der Waals surface area contributed by atoms with E-state index in [2.05, 4.69) is 4.98 Å². The number of carbonyl (C=O) groups is 3. The topological polar surface area (TPSA) is 134 Å². The molecule has 11 heteroatoms. The van der Waals surface area contributed by atoms with E-state index in [1.165, 1.54) is 19.2 Å². The number of carbonyl (C=O) groups excluding carboxylic acids is 3. The van der Waals surface area contributed by atoms with E-state index in [0.29, 0.717) is 48.7 Å². The summed E-state index contributed by atoms with van der Waals surface area (Å²) < 4.78 is 12.0. The summed E-state index contributed by atoms with van der Waals surface area (Å²) in [6.45, 7) is 1.87. The molecule has 1 aromatic carbocycles. The Hall–Kier alpha value is -2.92. The molecule has 2 fully saturated rings. The molecular formula is C23H28N4O6S. The van der Waals surface area contributed by atoms with E-state index in [9.17, 15) is 19.2 Å². The van der Waals surface area contributed by atoms with Gasteiger partial charge in [-0.05, 0) is 43.9 Å². The number of amides is 2. The summed E-state index contributed by atoms with van der Waals surface area (Å²) in [6.07, 6.45) is 3.08. The number of ether oxygens (including phenoxy) is 2. The highest BCUT2D eigenvalue weighted by Crippen LogP contribution is 2.23. The molecule has 0 spiro atoms. The van der Waals surface area contributed by atoms with Crippen LogP contribution >= 0.6 is 11.8 Å². The molecule has 2 aliphatic heterocycles. The quantitative estimate of drug-likeness (QED) is 0.349. The third kappa shape index (κ3) is 5.25. The zero-order valence-electron chi connectivity index (χ0n) is 19.0. The lowest BCUT2D eigenvalue weighted by molar-refractivity contribution is -0.132. The van der Waals surface area contributed by atoms with E-state index in [4.69, 9.17) is 15.2 Å². The van der Waals surface area contributed by atoms with Crippen LogP contribution in [-0.2, 0) is 25.6 Å². The fourth-order valence-corrected chi connectivity index (χ4v) is 5.27. The molecule has 0 bridgehead atoms. The molecule has 2 N–H and O–H groups in total. The number of nitrogens with zero attached hydrogens (tertiary/aromatic N) is 3. The second-order valence-corrected chi connectivity index (χ2v) is 9.48. The van der Waals surface area contributed by atoms with Crippen molar-refractivity contribution in [3.8, 4) is 0 Å². The molecule has 0 radical (unpaired) electrons. The third-order valence-electron chi connectivity index (χ3n) is 6.25. The molecule has 2 amide bonds. The van der Waals surface area contributed by atoms with Crippen LogP contribution in [0.15, 0.2) is 28.2 Å². The number of piperidine rings is 1. The highest BCUT2D eigenvalue weighted by molar-refractivity contribution is 7.99. The van der Waals surface area contributed by atoms with Gasteiger partial charge in [-0.3, -0.25) is 19.0 Å². The minimum atomic E-state index is -0.522. The van der Waals surface area contributed by atoms with E-state index in [1.54, 1.807) is 15.5 Å². The van der Waals surface area contributed by atoms with E-state index in [1.807, 2.05) is 0 Å². The largest absolute Gasteiger partial charge is 0.465 e. The molecule has 1 aromatic heterocycles. The Bertz CT molecular complexity index is 1160. The van der Waals surface area contributed by atoms with Crippen LogP contribution in [-0.4, -0.2) is 70.9 Å². The van der Waals surface area contributed by atoms with Crippen LogP contribution in [0.25, 0.3) is 10.9 Å². The monoisotopic (exact) mass is 488 g/mol. The molecule has 10 nitrogen and oxygen atoms in total. The van der Waals surface area contributed by atoms with Crippen LogP contribution in [0.1, 0.15) is 36.0 Å². The van der Waals surface area contributed by atoms with Crippen LogP contribution in [0.2, 0.25) is 0 Å². The van der Waals surface area contributed by atoms with Gasteiger partial charge in [0.2, 0.25) is 11.8 Å². The number of hydrogen-bond acceptors (Lipinski definition) is 8. The summed E-state index contributed by atoms with van der Waals surface area (Å²) in [4.78, 5) is 56.0. The van der Waals surface area contributed by atoms with E-state index >= 15 is 0 Å². The fourth-order valence-electron chi connectivity index (χ4n) is 4.36. The predicted molar refractivity (Wildman–Crippen MR) is 126 cm³/mol. The molecule has 2 unspecified atom stereocenters. The lowest BCUT2D eigenvalue weighted by Crippen LogP contribution is -2.44. The summed E-state index contributed by atoms with van der Waals surface area (Å²) in [7, 11) is 1.29. The number of likely N-dealkylation sites (tertiary alicyclic amines) is 1. The minimum Gasteiger partial charge on any atom is -0.465 e. The Balaban J connectivity index is 1.61. The van der Waals surface area contributed by atoms with E-state index < -0.39 is 11.9 Å². The number of benzene rings is 1. The molecule has 4 rings (SSSR count). The van der Waals surface area contributed by atoms with Gasteiger partial charge in [0.1, 0.15) is 0 Å². The number of thioether (sulfide) groups is 1. The normalized spacial score (nSPS) is 20.4. The smallest absolute Gasteiger partial charge is 0.337 e. The van der Waals surface area contributed by atoms with Gasteiger partial charge in [-0.2, -0.15) is 0 Å². The molecule has 2 saturated heterocycles. The van der Waals surface area contributed by atoms with Crippen LogP contribution in [0.3, 0.4) is 0 Å². The Morgan fingerprint density at radius 3 is 2.79 bits per heavy atom. The van der Waals surface area contributed by atoms with Gasteiger partial charge in [-0.15, -0.1) is 0 Å². The summed E-state index contributed by atoms with van der Waals surface area (Å²) in [5.74, 6) is -1.34. The molecule has 2 aromatic rings. The van der Waals surface area contributed by atoms with Gasteiger partial charge in [0.25, 0.3) is 5.56 Å². The van der Waals surface area contributed by atoms with Crippen LogP contribution in [0, 0.1) is 5.92 Å². The first-order chi connectivity index (χ1) is 16.4. The first-order valence-electron chi connectivity index (χ1n) is 11.3. The molecule has 34 heavy (non-hydrogen) atoms. The van der Waals surface area contributed by atoms with Crippen molar-refractivity contribution in [1.82, 2.24) is 14.5 Å². The zero-order chi connectivity index (χ0) is 24.2. The Morgan fingerprint density at radius 1 is 1.26 bits per heavy atom. The van der Waals surface area contributed by atoms with Gasteiger partial charge >= 0.3 is 5.97 Å². The predicted octanol–water partition coefficient (Wildman–Crippen LogP) is 1.18. The Labute approximate surface area is 200 Å². The van der Waals surface area contributed by atoms with Crippen molar-refractivity contribution in [3.05, 3.63) is 34.1 Å². The molecule has 182 valence electrons. The highest BCUT2D eigenvalue weighted by Gasteiger charge is 2.27. The molecule has 2 atom stereocenters. The van der Waals surface area contributed by atoms with Crippen LogP contribution < -0.4 is 11.3 Å². The van der Waals surface area contributed by atoms with Gasteiger partial charge < -0.3 is 20.1 Å². The lowest BCUT2D eigenvalue weighted by Gasteiger charge is -2.31. The Morgan fingerprint density at radius 2 is 2.09 bits per heavy atom. The molecule has 3 heterocycles. The molecular weight excluding hydrogens is 460 g/mol. The van der Waals surface area contributed by atoms with Gasteiger partial charge in [-0.1, -0.05) is 11.8 Å². The van der Waals surface area contributed by atoms with Crippen molar-refractivity contribution in [1.29, 1.82) is 0 Å². The first-order valence-corrected chi connectivity index (χ1v) is 12.3. The number of esters is 1. The van der Waals surface area contributed by atoms with Gasteiger partial charge in [0.05, 0.1) is 47.9 Å². The average Bonchev–Trinajstić information content (AvgIpc) is 3.37. The summed E-state index contributed by atoms with van der Waals surface area (Å²) in [6, 6.07) is 4.63. The van der Waals surface area contributed by atoms with Gasteiger partial charge in [-0.25, -0.2) is 9.78 Å². The molecule has 0 aliphatic carbocycles. The van der Waals surface area contributed by atoms with Crippen molar-refractivity contribution in [2.45, 2.75) is 43.5 Å². The summed E-state index contributed by atoms with van der Waals surface area (Å²) in [5.41, 5.74) is 5.83. The molecule has 2 aliphatic rings. The maximum atomic E-state index is 13.3. The van der Waals surface area contributed by atoms with Crippen molar-refractivity contribution in [3.63, 3.8) is 0 Å². The van der Waals surface area contributed by atoms with Gasteiger partial charge in [0, 0.05) is 19.7 Å². The third-order valence-corrected chi connectivity index (χ3v) is 7.21. The van der Waals surface area contributed by atoms with E-state index in [-0.39, 0.29) is 34.8 Å². The summed E-state index contributed by atoms with van der Waals surface area (Å²) in [5, 5.41) is 0.758. The number of primary amides is 1. The fraction of sp³-hybridized carbons (Fsp3) is 0.522. The van der Waals surface area contributed by atoms with Crippen molar-refractivity contribution in [2.24, 2.45) is 11.7 Å².